The van der Waals surface area contributed by atoms with E-state index in [9.17, 15) is 19.2 Å². The molecule has 0 aromatic rings. The van der Waals surface area contributed by atoms with Gasteiger partial charge in [0.25, 0.3) is 0 Å². The molecular weight excluding hydrogens is 496 g/mol. The van der Waals surface area contributed by atoms with E-state index in [1.165, 1.54) is 9.91 Å². The Kier molecular flexibility index (Phi) is 11.0. The first-order chi connectivity index (χ1) is 17.0. The minimum Gasteiger partial charge on any atom is -0.459 e. The number of amides is 3. The van der Waals surface area contributed by atoms with Crippen LogP contribution in [0.5, 0.6) is 0 Å². The maximum atomic E-state index is 12.8. The summed E-state index contributed by atoms with van der Waals surface area (Å²) in [6, 6.07) is -0.681. The topological polar surface area (TPSA) is 136 Å². The molecule has 220 valence electrons. The number of nitrogens with zero attached hydrogens (tertiary/aromatic N) is 2. The van der Waals surface area contributed by atoms with Gasteiger partial charge >= 0.3 is 18.2 Å². The number of hydrogen-bond acceptors (Lipinski definition) is 9. The van der Waals surface area contributed by atoms with Gasteiger partial charge < -0.3 is 24.3 Å². The van der Waals surface area contributed by atoms with E-state index >= 15 is 0 Å². The second-order valence-corrected chi connectivity index (χ2v) is 13.0. The van der Waals surface area contributed by atoms with Gasteiger partial charge in [0.2, 0.25) is 5.91 Å². The van der Waals surface area contributed by atoms with E-state index in [0.29, 0.717) is 0 Å². The van der Waals surface area contributed by atoms with E-state index in [1.54, 1.807) is 83.2 Å². The Morgan fingerprint density at radius 1 is 0.947 bits per heavy atom. The summed E-state index contributed by atoms with van der Waals surface area (Å²) in [5.74, 6) is -0.925. The zero-order valence-electron chi connectivity index (χ0n) is 25.1. The Morgan fingerprint density at radius 2 is 1.47 bits per heavy atom. The van der Waals surface area contributed by atoms with Gasteiger partial charge in [-0.1, -0.05) is 0 Å². The maximum absolute atomic E-state index is 12.8. The number of hydrogen-bond donors (Lipinski definition) is 2. The third-order valence-corrected chi connectivity index (χ3v) is 4.91. The first kappa shape index (κ1) is 33.4. The van der Waals surface area contributed by atoms with Crippen molar-refractivity contribution in [2.75, 3.05) is 20.1 Å². The summed E-state index contributed by atoms with van der Waals surface area (Å²) in [5.41, 5.74) is -0.376. The van der Waals surface area contributed by atoms with Crippen LogP contribution in [0, 0.1) is 0 Å². The zero-order valence-corrected chi connectivity index (χ0v) is 25.1. The molecule has 0 spiro atoms. The lowest BCUT2D eigenvalue weighted by molar-refractivity contribution is -0.156. The molecule has 12 nitrogen and oxygen atoms in total. The highest BCUT2D eigenvalue weighted by Gasteiger charge is 2.45. The number of esters is 1. The Labute approximate surface area is 227 Å². The molecule has 1 fully saturated rings. The third-order valence-electron chi connectivity index (χ3n) is 4.91. The van der Waals surface area contributed by atoms with E-state index in [1.807, 2.05) is 0 Å². The minimum atomic E-state index is -0.945. The van der Waals surface area contributed by atoms with Crippen molar-refractivity contribution in [3.63, 3.8) is 0 Å². The Hall–Kier alpha value is -2.60. The summed E-state index contributed by atoms with van der Waals surface area (Å²) >= 11 is 0. The number of carbonyl (C=O) groups excluding carboxylic acids is 4. The van der Waals surface area contributed by atoms with E-state index in [0.717, 1.165) is 0 Å². The van der Waals surface area contributed by atoms with Gasteiger partial charge in [-0.2, -0.15) is 0 Å². The van der Waals surface area contributed by atoms with Crippen LogP contribution in [-0.2, 0) is 28.5 Å². The van der Waals surface area contributed by atoms with Gasteiger partial charge in [0, 0.05) is 19.5 Å². The fourth-order valence-corrected chi connectivity index (χ4v) is 3.74. The van der Waals surface area contributed by atoms with Crippen molar-refractivity contribution >= 4 is 24.1 Å². The van der Waals surface area contributed by atoms with E-state index < -0.39 is 58.7 Å². The van der Waals surface area contributed by atoms with Gasteiger partial charge in [-0.05, 0) is 82.6 Å². The Bertz CT molecular complexity index is 855. The maximum Gasteiger partial charge on any atom is 0.412 e. The summed E-state index contributed by atoms with van der Waals surface area (Å²) in [5, 5.41) is 4.06. The SMILES string of the molecule is CN(CC(=O)OC(C)(C)C)NC(=O)C[C@@H](C[C@@H]1CN(C(=O)OC(C)(C)C)C(C)(C)O1)NC(=O)OC(C)(C)C. The average Bonchev–Trinajstić information content (AvgIpc) is 2.90. The molecular formula is C26H48N4O8. The molecule has 1 heterocycles. The van der Waals surface area contributed by atoms with Crippen LogP contribution in [0.1, 0.15) is 89.0 Å². The first-order valence-corrected chi connectivity index (χ1v) is 12.9. The molecule has 3 amide bonds. The summed E-state index contributed by atoms with van der Waals surface area (Å²) in [7, 11) is 1.54. The van der Waals surface area contributed by atoms with Crippen molar-refractivity contribution in [3.05, 3.63) is 0 Å². The lowest BCUT2D eigenvalue weighted by Gasteiger charge is -2.31. The van der Waals surface area contributed by atoms with Crippen LogP contribution in [0.15, 0.2) is 0 Å². The molecule has 12 heteroatoms. The van der Waals surface area contributed by atoms with Gasteiger partial charge in [-0.15, -0.1) is 0 Å². The Morgan fingerprint density at radius 3 is 1.97 bits per heavy atom. The summed E-state index contributed by atoms with van der Waals surface area (Å²) in [6.07, 6.45) is -1.57. The van der Waals surface area contributed by atoms with Crippen molar-refractivity contribution in [1.82, 2.24) is 20.7 Å². The highest BCUT2D eigenvalue weighted by molar-refractivity contribution is 5.78. The number of rotatable bonds is 8. The quantitative estimate of drug-likeness (QED) is 0.268. The lowest BCUT2D eigenvalue weighted by atomic mass is 10.1. The predicted octanol–water partition coefficient (Wildman–Crippen LogP) is 3.34. The number of carbonyl (C=O) groups is 4. The molecule has 0 radical (unpaired) electrons. The highest BCUT2D eigenvalue weighted by atomic mass is 16.6. The molecule has 1 aliphatic rings. The molecule has 0 aromatic heterocycles. The third kappa shape index (κ3) is 13.3. The van der Waals surface area contributed by atoms with Crippen LogP contribution < -0.4 is 10.7 Å². The first-order valence-electron chi connectivity index (χ1n) is 12.9. The van der Waals surface area contributed by atoms with Gasteiger partial charge in [0.05, 0.1) is 12.6 Å². The van der Waals surface area contributed by atoms with Crippen molar-refractivity contribution in [2.45, 2.75) is 124 Å². The van der Waals surface area contributed by atoms with Crippen LogP contribution in [0.3, 0.4) is 0 Å². The minimum absolute atomic E-state index is 0.120. The molecule has 2 atom stereocenters. The number of alkyl carbamates (subject to hydrolysis) is 1. The van der Waals surface area contributed by atoms with Gasteiger partial charge in [-0.25, -0.2) is 14.6 Å². The standard InChI is InChI=1S/C26H48N4O8/c1-23(2,3)36-20(32)16-29(12)28-19(31)14-17(27-21(33)37-24(4,5)6)13-18-15-30(26(10,11)35-18)22(34)38-25(7,8)9/h17-18H,13-16H2,1-12H3,(H,27,33)(H,28,31)/t17-,18-/m1/s1. The molecule has 0 aromatic carbocycles. The molecule has 2 N–H and O–H groups in total. The van der Waals surface area contributed by atoms with Gasteiger partial charge in [-0.3, -0.25) is 19.9 Å². The monoisotopic (exact) mass is 544 g/mol. The zero-order chi connectivity index (χ0) is 29.7. The molecule has 38 heavy (non-hydrogen) atoms. The average molecular weight is 545 g/mol. The molecule has 1 aliphatic heterocycles. The molecule has 0 unspecified atom stereocenters. The van der Waals surface area contributed by atoms with Gasteiger partial charge in [0.1, 0.15) is 29.1 Å². The van der Waals surface area contributed by atoms with Crippen LogP contribution in [0.4, 0.5) is 9.59 Å². The van der Waals surface area contributed by atoms with Crippen LogP contribution in [0.2, 0.25) is 0 Å². The van der Waals surface area contributed by atoms with E-state index in [-0.39, 0.29) is 25.9 Å². The fraction of sp³-hybridized carbons (Fsp3) is 0.846. The second kappa shape index (κ2) is 12.5. The normalized spacial score (nSPS) is 18.6. The number of likely N-dealkylation sites (N-methyl/N-ethyl adjacent to an activating group) is 1. The van der Waals surface area contributed by atoms with Crippen molar-refractivity contribution in [1.29, 1.82) is 0 Å². The number of hydrazine groups is 1. The van der Waals surface area contributed by atoms with Crippen molar-refractivity contribution in [3.8, 4) is 0 Å². The number of nitrogens with one attached hydrogen (secondary N) is 2. The van der Waals surface area contributed by atoms with Crippen LogP contribution in [0.25, 0.3) is 0 Å². The predicted molar refractivity (Wildman–Crippen MR) is 141 cm³/mol. The van der Waals surface area contributed by atoms with Crippen molar-refractivity contribution in [2.24, 2.45) is 0 Å². The molecule has 1 saturated heterocycles. The molecule has 0 saturated carbocycles. The summed E-state index contributed by atoms with van der Waals surface area (Å²) in [4.78, 5) is 51.6. The second-order valence-electron chi connectivity index (χ2n) is 13.0. The van der Waals surface area contributed by atoms with E-state index in [4.69, 9.17) is 18.9 Å². The molecule has 1 rings (SSSR count). The van der Waals surface area contributed by atoms with Crippen LogP contribution >= 0.6 is 0 Å². The van der Waals surface area contributed by atoms with Crippen LogP contribution in [-0.4, -0.2) is 88.8 Å². The summed E-state index contributed by atoms with van der Waals surface area (Å²) in [6.45, 7) is 19.4. The Balaban J connectivity index is 2.90. The van der Waals surface area contributed by atoms with E-state index in [2.05, 4.69) is 10.7 Å². The number of ether oxygens (including phenoxy) is 4. The van der Waals surface area contributed by atoms with Crippen molar-refractivity contribution < 1.29 is 38.1 Å². The largest absolute Gasteiger partial charge is 0.459 e. The smallest absolute Gasteiger partial charge is 0.412 e. The molecule has 0 aliphatic carbocycles. The summed E-state index contributed by atoms with van der Waals surface area (Å²) < 4.78 is 22.3. The fourth-order valence-electron chi connectivity index (χ4n) is 3.74. The highest BCUT2D eigenvalue weighted by Crippen LogP contribution is 2.31. The van der Waals surface area contributed by atoms with Gasteiger partial charge in [0.15, 0.2) is 0 Å². The lowest BCUT2D eigenvalue weighted by Crippen LogP contribution is -2.48. The molecule has 0 bridgehead atoms.